The summed E-state index contributed by atoms with van der Waals surface area (Å²) >= 11 is 5.71. The average molecular weight is 482 g/mol. The Morgan fingerprint density at radius 1 is 1.12 bits per heavy atom. The zero-order chi connectivity index (χ0) is 23.5. The molecule has 0 atom stereocenters. The molecule has 10 heteroatoms. The van der Waals surface area contributed by atoms with Gasteiger partial charge >= 0.3 is 0 Å². The lowest BCUT2D eigenvalue weighted by atomic mass is 9.97. The van der Waals surface area contributed by atoms with E-state index in [-0.39, 0.29) is 41.4 Å². The van der Waals surface area contributed by atoms with Gasteiger partial charge in [-0.15, -0.1) is 0 Å². The number of carbonyl (C=O) groups is 2. The topological polar surface area (TPSA) is 95.6 Å². The number of piperidine rings is 1. The molecule has 2 amide bonds. The Bertz CT molecular complexity index is 1110. The van der Waals surface area contributed by atoms with Crippen LogP contribution in [0.2, 0.25) is 5.02 Å². The van der Waals surface area contributed by atoms with Crippen molar-refractivity contribution in [1.82, 2.24) is 9.62 Å². The predicted molar refractivity (Wildman–Crippen MR) is 120 cm³/mol. The maximum absolute atomic E-state index is 13.3. The van der Waals surface area contributed by atoms with Gasteiger partial charge in [-0.1, -0.05) is 29.8 Å². The number of benzene rings is 2. The van der Waals surface area contributed by atoms with Gasteiger partial charge in [-0.3, -0.25) is 9.59 Å². The van der Waals surface area contributed by atoms with Crippen molar-refractivity contribution in [3.63, 3.8) is 0 Å². The highest BCUT2D eigenvalue weighted by Gasteiger charge is 2.32. The first-order valence-corrected chi connectivity index (χ1v) is 12.0. The van der Waals surface area contributed by atoms with E-state index in [4.69, 9.17) is 11.6 Å². The first-order valence-electron chi connectivity index (χ1n) is 10.2. The van der Waals surface area contributed by atoms with Gasteiger partial charge in [0.05, 0.1) is 16.5 Å². The smallest absolute Gasteiger partial charge is 0.243 e. The summed E-state index contributed by atoms with van der Waals surface area (Å²) in [6.45, 7) is 3.90. The SMILES string of the molecule is Cc1cccc(C)c1NC(=O)CNC(=O)C1CCN(S(=O)(=O)c2ccc(F)c(Cl)c2)CC1. The number of nitrogens with one attached hydrogen (secondary N) is 2. The Hall–Kier alpha value is -2.49. The molecule has 1 saturated heterocycles. The molecular formula is C22H25ClFN3O4S. The first kappa shape index (κ1) is 24.2. The number of anilines is 1. The van der Waals surface area contributed by atoms with Crippen molar-refractivity contribution < 1.29 is 22.4 Å². The van der Waals surface area contributed by atoms with Crippen molar-refractivity contribution in [2.75, 3.05) is 25.0 Å². The lowest BCUT2D eigenvalue weighted by Crippen LogP contribution is -2.44. The van der Waals surface area contributed by atoms with E-state index in [0.717, 1.165) is 28.9 Å². The second kappa shape index (κ2) is 9.97. The molecule has 7 nitrogen and oxygen atoms in total. The van der Waals surface area contributed by atoms with E-state index in [0.29, 0.717) is 12.8 Å². The molecule has 1 aliphatic heterocycles. The van der Waals surface area contributed by atoms with Crippen LogP contribution in [0.5, 0.6) is 0 Å². The minimum atomic E-state index is -3.83. The summed E-state index contributed by atoms with van der Waals surface area (Å²) in [6, 6.07) is 8.95. The molecule has 1 aliphatic rings. The summed E-state index contributed by atoms with van der Waals surface area (Å²) < 4.78 is 40.1. The minimum absolute atomic E-state index is 0.0880. The quantitative estimate of drug-likeness (QED) is 0.662. The fourth-order valence-corrected chi connectivity index (χ4v) is 5.39. The van der Waals surface area contributed by atoms with E-state index in [1.54, 1.807) is 0 Å². The van der Waals surface area contributed by atoms with Crippen LogP contribution in [-0.2, 0) is 19.6 Å². The molecule has 0 aromatic heterocycles. The largest absolute Gasteiger partial charge is 0.347 e. The molecule has 0 spiro atoms. The molecule has 0 saturated carbocycles. The number of carbonyl (C=O) groups excluding carboxylic acids is 2. The molecule has 0 bridgehead atoms. The van der Waals surface area contributed by atoms with E-state index in [1.807, 2.05) is 32.0 Å². The van der Waals surface area contributed by atoms with Crippen LogP contribution in [-0.4, -0.2) is 44.2 Å². The van der Waals surface area contributed by atoms with Crippen molar-refractivity contribution in [2.45, 2.75) is 31.6 Å². The van der Waals surface area contributed by atoms with Crippen molar-refractivity contribution in [1.29, 1.82) is 0 Å². The van der Waals surface area contributed by atoms with E-state index in [9.17, 15) is 22.4 Å². The highest BCUT2D eigenvalue weighted by Crippen LogP contribution is 2.26. The molecule has 2 N–H and O–H groups in total. The van der Waals surface area contributed by atoms with Gasteiger partial charge in [0, 0.05) is 24.7 Å². The van der Waals surface area contributed by atoms with Crippen LogP contribution in [0.4, 0.5) is 10.1 Å². The van der Waals surface area contributed by atoms with Crippen LogP contribution >= 0.6 is 11.6 Å². The second-order valence-electron chi connectivity index (χ2n) is 7.79. The Balaban J connectivity index is 1.52. The van der Waals surface area contributed by atoms with Crippen molar-refractivity contribution >= 4 is 39.1 Å². The molecule has 32 heavy (non-hydrogen) atoms. The van der Waals surface area contributed by atoms with Gasteiger partial charge in [-0.05, 0) is 56.0 Å². The average Bonchev–Trinajstić information content (AvgIpc) is 2.76. The molecular weight excluding hydrogens is 457 g/mol. The molecule has 1 fully saturated rings. The molecule has 1 heterocycles. The summed E-state index contributed by atoms with van der Waals surface area (Å²) in [5.74, 6) is -1.71. The second-order valence-corrected chi connectivity index (χ2v) is 10.1. The predicted octanol–water partition coefficient (Wildman–Crippen LogP) is 3.25. The third-order valence-electron chi connectivity index (χ3n) is 5.52. The van der Waals surface area contributed by atoms with Gasteiger partial charge in [-0.2, -0.15) is 4.31 Å². The normalized spacial score (nSPS) is 15.4. The van der Waals surface area contributed by atoms with Crippen molar-refractivity contribution in [3.8, 4) is 0 Å². The summed E-state index contributed by atoms with van der Waals surface area (Å²) in [5.41, 5.74) is 2.59. The molecule has 172 valence electrons. The highest BCUT2D eigenvalue weighted by atomic mass is 35.5. The fourth-order valence-electron chi connectivity index (χ4n) is 3.65. The van der Waals surface area contributed by atoms with E-state index in [2.05, 4.69) is 10.6 Å². The zero-order valence-corrected chi connectivity index (χ0v) is 19.4. The lowest BCUT2D eigenvalue weighted by molar-refractivity contribution is -0.128. The Labute approximate surface area is 192 Å². The third-order valence-corrected chi connectivity index (χ3v) is 7.71. The van der Waals surface area contributed by atoms with Crippen LogP contribution in [0.3, 0.4) is 0 Å². The number of para-hydroxylation sites is 1. The van der Waals surface area contributed by atoms with Gasteiger partial charge in [0.1, 0.15) is 5.82 Å². The third kappa shape index (κ3) is 5.46. The Kier molecular flexibility index (Phi) is 7.53. The van der Waals surface area contributed by atoms with Crippen LogP contribution < -0.4 is 10.6 Å². The minimum Gasteiger partial charge on any atom is -0.347 e. The molecule has 3 rings (SSSR count). The standard InChI is InChI=1S/C22H25ClFN3O4S/c1-14-4-3-5-15(2)21(14)26-20(28)13-25-22(29)16-8-10-27(11-9-16)32(30,31)17-6-7-19(24)18(23)12-17/h3-7,12,16H,8-11,13H2,1-2H3,(H,25,29)(H,26,28). The Morgan fingerprint density at radius 3 is 2.34 bits per heavy atom. The van der Waals surface area contributed by atoms with E-state index < -0.39 is 21.8 Å². The summed E-state index contributed by atoms with van der Waals surface area (Å²) in [5, 5.41) is 5.18. The number of hydrogen-bond donors (Lipinski definition) is 2. The molecule has 0 unspecified atom stereocenters. The number of hydrogen-bond acceptors (Lipinski definition) is 4. The lowest BCUT2D eigenvalue weighted by Gasteiger charge is -2.30. The van der Waals surface area contributed by atoms with Crippen molar-refractivity contribution in [2.24, 2.45) is 5.92 Å². The van der Waals surface area contributed by atoms with Gasteiger partial charge in [-0.25, -0.2) is 12.8 Å². The zero-order valence-electron chi connectivity index (χ0n) is 17.8. The van der Waals surface area contributed by atoms with Crippen molar-refractivity contribution in [3.05, 3.63) is 58.4 Å². The number of sulfonamides is 1. The van der Waals surface area contributed by atoms with Gasteiger partial charge in [0.2, 0.25) is 21.8 Å². The first-order chi connectivity index (χ1) is 15.1. The molecule has 0 radical (unpaired) electrons. The maximum Gasteiger partial charge on any atom is 0.243 e. The van der Waals surface area contributed by atoms with Gasteiger partial charge in [0.15, 0.2) is 0 Å². The summed E-state index contributed by atoms with van der Waals surface area (Å²) in [6.07, 6.45) is 0.636. The number of aryl methyl sites for hydroxylation is 2. The monoisotopic (exact) mass is 481 g/mol. The van der Waals surface area contributed by atoms with Crippen LogP contribution in [0.25, 0.3) is 0 Å². The summed E-state index contributed by atoms with van der Waals surface area (Å²) in [4.78, 5) is 24.6. The Morgan fingerprint density at radius 2 is 1.75 bits per heavy atom. The molecule has 2 aromatic carbocycles. The summed E-state index contributed by atoms with van der Waals surface area (Å²) in [7, 11) is -3.83. The van der Waals surface area contributed by atoms with Crippen LogP contribution in [0.1, 0.15) is 24.0 Å². The molecule has 2 aromatic rings. The molecule has 0 aliphatic carbocycles. The van der Waals surface area contributed by atoms with Crippen LogP contribution in [0.15, 0.2) is 41.3 Å². The number of halogens is 2. The van der Waals surface area contributed by atoms with Gasteiger partial charge in [0.25, 0.3) is 0 Å². The maximum atomic E-state index is 13.3. The highest BCUT2D eigenvalue weighted by molar-refractivity contribution is 7.89. The number of rotatable bonds is 6. The van der Waals surface area contributed by atoms with E-state index >= 15 is 0 Å². The van der Waals surface area contributed by atoms with Gasteiger partial charge < -0.3 is 10.6 Å². The van der Waals surface area contributed by atoms with E-state index in [1.165, 1.54) is 10.4 Å². The van der Waals surface area contributed by atoms with Crippen LogP contribution in [0, 0.1) is 25.6 Å². The number of nitrogens with zero attached hydrogens (tertiary/aromatic N) is 1. The fraction of sp³-hybridized carbons (Fsp3) is 0.364. The number of amides is 2.